The molecule has 2 aromatic rings. The van der Waals surface area contributed by atoms with Crippen LogP contribution in [0.4, 0.5) is 11.4 Å². The lowest BCUT2D eigenvalue weighted by atomic mass is 10.1. The molecule has 6 nitrogen and oxygen atoms in total. The molecule has 140 valence electrons. The molecule has 0 aliphatic carbocycles. The Kier molecular flexibility index (Phi) is 4.74. The highest BCUT2D eigenvalue weighted by Crippen LogP contribution is 2.43. The molecule has 0 aromatic heterocycles. The molecule has 28 heavy (non-hydrogen) atoms. The average molecular weight is 432 g/mol. The molecule has 2 heterocycles. The van der Waals surface area contributed by atoms with Gasteiger partial charge in [-0.25, -0.2) is 9.89 Å². The third kappa shape index (κ3) is 3.22. The first kappa shape index (κ1) is 18.7. The molecule has 0 atom stereocenters. The second-order valence-electron chi connectivity index (χ2n) is 5.98. The molecule has 0 saturated carbocycles. The van der Waals surface area contributed by atoms with Crippen LogP contribution in [-0.4, -0.2) is 22.9 Å². The predicted molar refractivity (Wildman–Crippen MR) is 111 cm³/mol. The van der Waals surface area contributed by atoms with E-state index in [1.54, 1.807) is 42.5 Å². The summed E-state index contributed by atoms with van der Waals surface area (Å²) in [6.45, 7) is 1.31. The molecule has 2 aromatic carbocycles. The Balaban J connectivity index is 1.78. The number of imide groups is 1. The Morgan fingerprint density at radius 1 is 1.11 bits per heavy atom. The number of aliphatic imine (C=N–C) groups is 1. The summed E-state index contributed by atoms with van der Waals surface area (Å²) >= 11 is 13.0. The molecular formula is C19H11Cl2N3O3S. The van der Waals surface area contributed by atoms with Gasteiger partial charge < -0.3 is 5.32 Å². The zero-order valence-electron chi connectivity index (χ0n) is 14.3. The number of benzene rings is 2. The second-order valence-corrected chi connectivity index (χ2v) is 7.85. The van der Waals surface area contributed by atoms with Gasteiger partial charge in [0.15, 0.2) is 5.17 Å². The Bertz CT molecular complexity index is 1110. The molecule has 0 radical (unpaired) electrons. The summed E-state index contributed by atoms with van der Waals surface area (Å²) in [6, 6.07) is 11.6. The lowest BCUT2D eigenvalue weighted by Gasteiger charge is -2.11. The van der Waals surface area contributed by atoms with Crippen molar-refractivity contribution in [2.75, 3.05) is 4.90 Å². The zero-order chi connectivity index (χ0) is 20.0. The number of carbonyl (C=O) groups is 3. The summed E-state index contributed by atoms with van der Waals surface area (Å²) in [5, 5.41) is 3.75. The minimum Gasteiger partial charge on any atom is -0.300 e. The maximum atomic E-state index is 12.9. The van der Waals surface area contributed by atoms with Gasteiger partial charge in [-0.15, -0.1) is 0 Å². The normalized spacial score (nSPS) is 20.0. The van der Waals surface area contributed by atoms with Crippen LogP contribution >= 0.6 is 35.0 Å². The van der Waals surface area contributed by atoms with E-state index < -0.39 is 17.7 Å². The maximum absolute atomic E-state index is 12.9. The van der Waals surface area contributed by atoms with Crippen LogP contribution in [-0.2, 0) is 14.4 Å². The van der Waals surface area contributed by atoms with E-state index in [1.165, 1.54) is 6.92 Å². The fourth-order valence-electron chi connectivity index (χ4n) is 3.01. The van der Waals surface area contributed by atoms with E-state index >= 15 is 0 Å². The number of fused-ring (bicyclic) bond motifs is 1. The fraction of sp³-hybridized carbons (Fsp3) is 0.0526. The quantitative estimate of drug-likeness (QED) is 0.687. The van der Waals surface area contributed by atoms with Crippen molar-refractivity contribution in [1.29, 1.82) is 0 Å². The van der Waals surface area contributed by atoms with Crippen molar-refractivity contribution in [3.8, 4) is 0 Å². The molecular weight excluding hydrogens is 421 g/mol. The number of hydrogen-bond acceptors (Lipinski definition) is 5. The van der Waals surface area contributed by atoms with Gasteiger partial charge in [-0.3, -0.25) is 14.4 Å². The monoisotopic (exact) mass is 431 g/mol. The van der Waals surface area contributed by atoms with Crippen molar-refractivity contribution in [3.05, 3.63) is 63.0 Å². The molecule has 1 fully saturated rings. The van der Waals surface area contributed by atoms with Crippen LogP contribution in [0.3, 0.4) is 0 Å². The lowest BCUT2D eigenvalue weighted by Crippen LogP contribution is -2.31. The van der Waals surface area contributed by atoms with Crippen LogP contribution in [0.5, 0.6) is 0 Å². The molecule has 9 heteroatoms. The van der Waals surface area contributed by atoms with Gasteiger partial charge >= 0.3 is 0 Å². The van der Waals surface area contributed by atoms with Gasteiger partial charge in [-0.2, -0.15) is 0 Å². The number of hydrogen-bond donors (Lipinski definition) is 1. The van der Waals surface area contributed by atoms with E-state index in [1.807, 2.05) is 0 Å². The number of thioether (sulfide) groups is 1. The Hall–Kier alpha value is -2.61. The maximum Gasteiger partial charge on any atom is 0.267 e. The van der Waals surface area contributed by atoms with Crippen molar-refractivity contribution in [1.82, 2.24) is 5.32 Å². The SMILES string of the molecule is CC(=O)N1C(=O)C(=C2SC(=Nc3cc(Cl)cc(Cl)c3)NC2=O)c2ccccc21. The summed E-state index contributed by atoms with van der Waals surface area (Å²) < 4.78 is 0. The van der Waals surface area contributed by atoms with Gasteiger partial charge in [0.2, 0.25) is 5.91 Å². The third-order valence-corrected chi connectivity index (χ3v) is 5.49. The average Bonchev–Trinajstić information content (AvgIpc) is 3.09. The molecule has 3 amide bonds. The molecule has 1 N–H and O–H groups in total. The Morgan fingerprint density at radius 2 is 1.79 bits per heavy atom. The van der Waals surface area contributed by atoms with E-state index in [-0.39, 0.29) is 15.6 Å². The first-order chi connectivity index (χ1) is 13.3. The molecule has 0 unspecified atom stereocenters. The summed E-state index contributed by atoms with van der Waals surface area (Å²) in [5.41, 5.74) is 1.65. The number of para-hydroxylation sites is 1. The predicted octanol–water partition coefficient (Wildman–Crippen LogP) is 4.15. The van der Waals surface area contributed by atoms with Crippen LogP contribution in [0, 0.1) is 0 Å². The van der Waals surface area contributed by atoms with Gasteiger partial charge in [-0.05, 0) is 36.0 Å². The highest BCUT2D eigenvalue weighted by Gasteiger charge is 2.40. The smallest absolute Gasteiger partial charge is 0.267 e. The van der Waals surface area contributed by atoms with Crippen LogP contribution in [0.1, 0.15) is 12.5 Å². The minimum absolute atomic E-state index is 0.183. The van der Waals surface area contributed by atoms with Crippen molar-refractivity contribution in [3.63, 3.8) is 0 Å². The molecule has 1 saturated heterocycles. The van der Waals surface area contributed by atoms with Crippen molar-refractivity contribution >= 4 is 74.8 Å². The largest absolute Gasteiger partial charge is 0.300 e. The number of amides is 3. The summed E-state index contributed by atoms with van der Waals surface area (Å²) in [4.78, 5) is 43.0. The van der Waals surface area contributed by atoms with Crippen molar-refractivity contribution in [2.24, 2.45) is 4.99 Å². The highest BCUT2D eigenvalue weighted by atomic mass is 35.5. The number of nitrogens with zero attached hydrogens (tertiary/aromatic N) is 2. The van der Waals surface area contributed by atoms with Crippen LogP contribution in [0.2, 0.25) is 10.0 Å². The standard InChI is InChI=1S/C19H11Cl2N3O3S/c1-9(25)24-14-5-3-2-4-13(14)15(18(24)27)16-17(26)23-19(28-16)22-12-7-10(20)6-11(21)8-12/h2-8H,1H3,(H,22,23,26). The van der Waals surface area contributed by atoms with Gasteiger partial charge in [-0.1, -0.05) is 41.4 Å². The summed E-state index contributed by atoms with van der Waals surface area (Å²) in [5.74, 6) is -1.40. The molecule has 2 aliphatic heterocycles. The highest BCUT2D eigenvalue weighted by molar-refractivity contribution is 8.18. The molecule has 0 bridgehead atoms. The van der Waals surface area contributed by atoms with Gasteiger partial charge in [0.05, 0.1) is 21.9 Å². The van der Waals surface area contributed by atoms with E-state index in [2.05, 4.69) is 10.3 Å². The summed E-state index contributed by atoms with van der Waals surface area (Å²) in [6.07, 6.45) is 0. The Labute approximate surface area is 174 Å². The third-order valence-electron chi connectivity index (χ3n) is 4.08. The first-order valence-corrected chi connectivity index (χ1v) is 9.65. The molecule has 2 aliphatic rings. The van der Waals surface area contributed by atoms with E-state index in [0.29, 0.717) is 27.0 Å². The zero-order valence-corrected chi connectivity index (χ0v) is 16.7. The number of anilines is 1. The van der Waals surface area contributed by atoms with Gasteiger partial charge in [0.25, 0.3) is 11.8 Å². The van der Waals surface area contributed by atoms with Crippen LogP contribution in [0.25, 0.3) is 5.57 Å². The second kappa shape index (κ2) is 7.09. The van der Waals surface area contributed by atoms with Crippen LogP contribution < -0.4 is 10.2 Å². The van der Waals surface area contributed by atoms with E-state index in [4.69, 9.17) is 23.2 Å². The number of halogens is 2. The minimum atomic E-state index is -0.529. The topological polar surface area (TPSA) is 78.8 Å². The molecule has 4 rings (SSSR count). The molecule has 0 spiro atoms. The van der Waals surface area contributed by atoms with Crippen molar-refractivity contribution in [2.45, 2.75) is 6.92 Å². The van der Waals surface area contributed by atoms with Crippen molar-refractivity contribution < 1.29 is 14.4 Å². The first-order valence-electron chi connectivity index (χ1n) is 8.08. The fourth-order valence-corrected chi connectivity index (χ4v) is 4.45. The van der Waals surface area contributed by atoms with Crippen LogP contribution in [0.15, 0.2) is 52.4 Å². The Morgan fingerprint density at radius 3 is 2.46 bits per heavy atom. The van der Waals surface area contributed by atoms with E-state index in [9.17, 15) is 14.4 Å². The van der Waals surface area contributed by atoms with Gasteiger partial charge in [0, 0.05) is 22.5 Å². The van der Waals surface area contributed by atoms with Gasteiger partial charge in [0.1, 0.15) is 0 Å². The number of carbonyl (C=O) groups excluding carboxylic acids is 3. The number of nitrogens with one attached hydrogen (secondary N) is 1. The number of rotatable bonds is 1. The van der Waals surface area contributed by atoms with E-state index in [0.717, 1.165) is 16.7 Å². The number of amidine groups is 1. The summed E-state index contributed by atoms with van der Waals surface area (Å²) in [7, 11) is 0. The lowest BCUT2D eigenvalue weighted by molar-refractivity contribution is -0.122.